The maximum Gasteiger partial charge on any atom is 0.357 e. The van der Waals surface area contributed by atoms with E-state index in [1.54, 1.807) is 40.0 Å². The van der Waals surface area contributed by atoms with Crippen LogP contribution >= 0.6 is 15.9 Å². The van der Waals surface area contributed by atoms with Crippen molar-refractivity contribution in [2.75, 3.05) is 18.4 Å². The van der Waals surface area contributed by atoms with Crippen molar-refractivity contribution in [2.24, 2.45) is 11.1 Å². The summed E-state index contributed by atoms with van der Waals surface area (Å²) < 4.78 is 2.51. The van der Waals surface area contributed by atoms with Gasteiger partial charge in [0.05, 0.1) is 35.1 Å². The van der Waals surface area contributed by atoms with Crippen LogP contribution in [0.25, 0.3) is 5.52 Å². The van der Waals surface area contributed by atoms with Crippen LogP contribution in [0, 0.1) is 5.41 Å². The first kappa shape index (κ1) is 20.4. The molecule has 9 heteroatoms. The molecule has 0 radical (unpaired) electrons. The second-order valence-electron chi connectivity index (χ2n) is 8.04. The average molecular weight is 472 g/mol. The van der Waals surface area contributed by atoms with E-state index >= 15 is 0 Å². The number of aromatic nitrogens is 2. The van der Waals surface area contributed by atoms with E-state index in [0.717, 1.165) is 9.99 Å². The van der Waals surface area contributed by atoms with Gasteiger partial charge in [-0.2, -0.15) is 5.10 Å². The van der Waals surface area contributed by atoms with Gasteiger partial charge in [-0.05, 0) is 34.1 Å². The van der Waals surface area contributed by atoms with E-state index in [9.17, 15) is 9.59 Å². The fraction of sp³-hybridized carbons (Fsp3) is 0.286. The minimum absolute atomic E-state index is 0.0981. The van der Waals surface area contributed by atoms with Crippen molar-refractivity contribution in [2.45, 2.75) is 19.9 Å². The molecule has 1 aromatic carbocycles. The highest BCUT2D eigenvalue weighted by Crippen LogP contribution is 2.35. The number of nitrogens with one attached hydrogen (secondary N) is 1. The molecule has 3 aromatic rings. The molecule has 1 aliphatic heterocycles. The van der Waals surface area contributed by atoms with Crippen LogP contribution in [0.3, 0.4) is 0 Å². The Bertz CT molecular complexity index is 1110. The molecule has 1 unspecified atom stereocenters. The van der Waals surface area contributed by atoms with Crippen molar-refractivity contribution >= 4 is 39.0 Å². The van der Waals surface area contributed by atoms with E-state index < -0.39 is 11.9 Å². The molecule has 0 saturated carbocycles. The number of hydrogen-bond acceptors (Lipinski definition) is 6. The van der Waals surface area contributed by atoms with E-state index in [1.165, 1.54) is 6.20 Å². The molecule has 8 nitrogen and oxygen atoms in total. The zero-order chi connectivity index (χ0) is 21.5. The van der Waals surface area contributed by atoms with Crippen molar-refractivity contribution in [1.29, 1.82) is 0 Å². The average Bonchev–Trinajstić information content (AvgIpc) is 3.20. The van der Waals surface area contributed by atoms with Crippen LogP contribution in [0.4, 0.5) is 5.69 Å². The summed E-state index contributed by atoms with van der Waals surface area (Å²) in [4.78, 5) is 30.1. The Kier molecular flexibility index (Phi) is 5.25. The maximum atomic E-state index is 12.4. The third kappa shape index (κ3) is 3.90. The van der Waals surface area contributed by atoms with Gasteiger partial charge in [0.1, 0.15) is 0 Å². The molecule has 1 fully saturated rings. The molecule has 4 rings (SSSR count). The van der Waals surface area contributed by atoms with Crippen LogP contribution in [0.1, 0.15) is 34.6 Å². The predicted octanol–water partition coefficient (Wildman–Crippen LogP) is 3.09. The van der Waals surface area contributed by atoms with Crippen LogP contribution in [0.15, 0.2) is 53.3 Å². The molecule has 1 aliphatic rings. The van der Waals surface area contributed by atoms with Gasteiger partial charge in [0.2, 0.25) is 0 Å². The standard InChI is InChI=1S/C21H22BrN5O3/c1-21(2)12-26(30-20(29)13-6-4-3-5-7-13)11-17(21)25-18-15(19(23)28)9-24-27-10-14(22)8-16(18)27/h3-10,17,25H,11-12H2,1-2H3,(H2,23,28). The summed E-state index contributed by atoms with van der Waals surface area (Å²) in [6, 6.07) is 10.7. The van der Waals surface area contributed by atoms with E-state index in [0.29, 0.717) is 29.9 Å². The first-order chi connectivity index (χ1) is 14.2. The first-order valence-electron chi connectivity index (χ1n) is 9.50. The summed E-state index contributed by atoms with van der Waals surface area (Å²) >= 11 is 3.44. The van der Waals surface area contributed by atoms with Crippen molar-refractivity contribution in [3.63, 3.8) is 0 Å². The number of benzene rings is 1. The minimum atomic E-state index is -0.562. The Morgan fingerprint density at radius 1 is 1.30 bits per heavy atom. The second-order valence-corrected chi connectivity index (χ2v) is 8.95. The lowest BCUT2D eigenvalue weighted by Gasteiger charge is -2.27. The summed E-state index contributed by atoms with van der Waals surface area (Å²) in [5.74, 6) is -0.959. The molecule has 1 amide bonds. The maximum absolute atomic E-state index is 12.4. The van der Waals surface area contributed by atoms with Crippen LogP contribution in [0.5, 0.6) is 0 Å². The Hall–Kier alpha value is -2.91. The molecule has 2 aromatic heterocycles. The number of halogens is 1. The van der Waals surface area contributed by atoms with Gasteiger partial charge in [0, 0.05) is 28.7 Å². The predicted molar refractivity (Wildman–Crippen MR) is 116 cm³/mol. The lowest BCUT2D eigenvalue weighted by molar-refractivity contribution is -0.0981. The van der Waals surface area contributed by atoms with Gasteiger partial charge >= 0.3 is 5.97 Å². The number of rotatable bonds is 5. The number of carbonyl (C=O) groups is 2. The van der Waals surface area contributed by atoms with Gasteiger partial charge in [0.15, 0.2) is 0 Å². The van der Waals surface area contributed by atoms with Crippen molar-refractivity contribution in [3.8, 4) is 0 Å². The van der Waals surface area contributed by atoms with Gasteiger partial charge in [-0.25, -0.2) is 9.31 Å². The van der Waals surface area contributed by atoms with Crippen molar-refractivity contribution in [3.05, 3.63) is 64.4 Å². The fourth-order valence-electron chi connectivity index (χ4n) is 3.67. The number of nitrogens with two attached hydrogens (primary N) is 1. The molecule has 3 N–H and O–H groups in total. The van der Waals surface area contributed by atoms with Crippen LogP contribution < -0.4 is 11.1 Å². The number of hydrogen-bond donors (Lipinski definition) is 2. The van der Waals surface area contributed by atoms with Gasteiger partial charge in [-0.15, -0.1) is 5.06 Å². The number of carbonyl (C=O) groups excluding carboxylic acids is 2. The topological polar surface area (TPSA) is 102 Å². The Morgan fingerprint density at radius 3 is 2.73 bits per heavy atom. The summed E-state index contributed by atoms with van der Waals surface area (Å²) in [5, 5.41) is 9.37. The van der Waals surface area contributed by atoms with E-state index in [-0.39, 0.29) is 11.5 Å². The highest BCUT2D eigenvalue weighted by atomic mass is 79.9. The molecule has 1 saturated heterocycles. The fourth-order valence-corrected chi connectivity index (χ4v) is 4.08. The molecular weight excluding hydrogens is 450 g/mol. The smallest absolute Gasteiger partial charge is 0.357 e. The highest BCUT2D eigenvalue weighted by Gasteiger charge is 2.42. The molecule has 30 heavy (non-hydrogen) atoms. The summed E-state index contributed by atoms with van der Waals surface area (Å²) in [5.41, 5.74) is 7.50. The van der Waals surface area contributed by atoms with Crippen LogP contribution in [-0.4, -0.2) is 45.7 Å². The number of nitrogens with zero attached hydrogens (tertiary/aromatic N) is 3. The van der Waals surface area contributed by atoms with Crippen LogP contribution in [-0.2, 0) is 4.84 Å². The molecule has 1 atom stereocenters. The first-order valence-corrected chi connectivity index (χ1v) is 10.3. The molecule has 3 heterocycles. The number of hydroxylamine groups is 2. The lowest BCUT2D eigenvalue weighted by atomic mass is 9.87. The minimum Gasteiger partial charge on any atom is -0.378 e. The quantitative estimate of drug-likeness (QED) is 0.592. The van der Waals surface area contributed by atoms with Crippen molar-refractivity contribution in [1.82, 2.24) is 14.7 Å². The molecule has 0 spiro atoms. The molecule has 0 aliphatic carbocycles. The summed E-state index contributed by atoms with van der Waals surface area (Å²) in [6.45, 7) is 5.16. The lowest BCUT2D eigenvalue weighted by Crippen LogP contribution is -2.35. The van der Waals surface area contributed by atoms with E-state index in [4.69, 9.17) is 10.6 Å². The van der Waals surface area contributed by atoms with E-state index in [1.807, 2.05) is 12.1 Å². The summed E-state index contributed by atoms with van der Waals surface area (Å²) in [6.07, 6.45) is 3.26. The van der Waals surface area contributed by atoms with Gasteiger partial charge in [0.25, 0.3) is 5.91 Å². The Balaban J connectivity index is 1.58. The number of amides is 1. The van der Waals surface area contributed by atoms with E-state index in [2.05, 4.69) is 40.2 Å². The zero-order valence-electron chi connectivity index (χ0n) is 16.6. The highest BCUT2D eigenvalue weighted by molar-refractivity contribution is 9.10. The Morgan fingerprint density at radius 2 is 2.03 bits per heavy atom. The number of anilines is 1. The van der Waals surface area contributed by atoms with Crippen LogP contribution in [0.2, 0.25) is 0 Å². The molecular formula is C21H22BrN5O3. The van der Waals surface area contributed by atoms with Gasteiger partial charge in [-0.1, -0.05) is 32.0 Å². The van der Waals surface area contributed by atoms with Gasteiger partial charge < -0.3 is 15.9 Å². The SMILES string of the molecule is CC1(C)CN(OC(=O)c2ccccc2)CC1Nc1c(C(N)=O)cnn2cc(Br)cc12. The zero-order valence-corrected chi connectivity index (χ0v) is 18.2. The normalized spacial score (nSPS) is 18.4. The molecule has 156 valence electrons. The second kappa shape index (κ2) is 7.73. The third-order valence-electron chi connectivity index (χ3n) is 5.32. The number of primary amides is 1. The monoisotopic (exact) mass is 471 g/mol. The Labute approximate surface area is 182 Å². The number of fused-ring (bicyclic) bond motifs is 1. The van der Waals surface area contributed by atoms with Crippen molar-refractivity contribution < 1.29 is 14.4 Å². The largest absolute Gasteiger partial charge is 0.378 e. The third-order valence-corrected chi connectivity index (χ3v) is 5.76. The summed E-state index contributed by atoms with van der Waals surface area (Å²) in [7, 11) is 0. The van der Waals surface area contributed by atoms with Gasteiger partial charge in [-0.3, -0.25) is 4.79 Å². The molecule has 0 bridgehead atoms.